The van der Waals surface area contributed by atoms with Crippen molar-refractivity contribution in [2.75, 3.05) is 6.61 Å². The molecule has 6 heteroatoms. The second kappa shape index (κ2) is 6.19. The maximum Gasteiger partial charge on any atom is 0.348 e. The SMILES string of the molecule is Cc1ccsc1C(=O)OCCCn1c(=O)[nH]c2ccccc21. The van der Waals surface area contributed by atoms with Gasteiger partial charge in [0.1, 0.15) is 4.88 Å². The van der Waals surface area contributed by atoms with Crippen molar-refractivity contribution in [2.24, 2.45) is 0 Å². The fraction of sp³-hybridized carbons (Fsp3) is 0.250. The van der Waals surface area contributed by atoms with Crippen molar-refractivity contribution in [2.45, 2.75) is 19.9 Å². The van der Waals surface area contributed by atoms with Gasteiger partial charge in [-0.25, -0.2) is 9.59 Å². The molecule has 0 spiro atoms. The zero-order valence-corrected chi connectivity index (χ0v) is 13.0. The quantitative estimate of drug-likeness (QED) is 0.581. The summed E-state index contributed by atoms with van der Waals surface area (Å²) in [5, 5.41) is 1.87. The van der Waals surface area contributed by atoms with Crippen molar-refractivity contribution in [3.05, 3.63) is 56.6 Å². The van der Waals surface area contributed by atoms with Gasteiger partial charge in [0.05, 0.1) is 17.6 Å². The molecule has 0 aliphatic carbocycles. The van der Waals surface area contributed by atoms with Crippen LogP contribution in [0.4, 0.5) is 0 Å². The minimum Gasteiger partial charge on any atom is -0.461 e. The smallest absolute Gasteiger partial charge is 0.348 e. The highest BCUT2D eigenvalue weighted by atomic mass is 32.1. The van der Waals surface area contributed by atoms with Crippen LogP contribution in [-0.2, 0) is 11.3 Å². The van der Waals surface area contributed by atoms with E-state index in [1.165, 1.54) is 11.3 Å². The number of aromatic nitrogens is 2. The Balaban J connectivity index is 1.59. The van der Waals surface area contributed by atoms with Gasteiger partial charge in [-0.15, -0.1) is 11.3 Å². The number of para-hydroxylation sites is 2. The maximum absolute atomic E-state index is 11.9. The summed E-state index contributed by atoms with van der Waals surface area (Å²) in [7, 11) is 0. The van der Waals surface area contributed by atoms with Crippen LogP contribution in [0.2, 0.25) is 0 Å². The molecule has 0 saturated heterocycles. The summed E-state index contributed by atoms with van der Waals surface area (Å²) in [4.78, 5) is 27.2. The molecule has 114 valence electrons. The fourth-order valence-corrected chi connectivity index (χ4v) is 3.18. The predicted molar refractivity (Wildman–Crippen MR) is 86.5 cm³/mol. The van der Waals surface area contributed by atoms with E-state index in [-0.39, 0.29) is 11.7 Å². The number of imidazole rings is 1. The van der Waals surface area contributed by atoms with E-state index >= 15 is 0 Å². The van der Waals surface area contributed by atoms with E-state index in [4.69, 9.17) is 4.74 Å². The lowest BCUT2D eigenvalue weighted by atomic mass is 10.3. The number of carbonyl (C=O) groups is 1. The van der Waals surface area contributed by atoms with Crippen LogP contribution in [0.1, 0.15) is 21.7 Å². The first kappa shape index (κ1) is 14.6. The minimum absolute atomic E-state index is 0.137. The average Bonchev–Trinajstić information content (AvgIpc) is 3.07. The number of aromatic amines is 1. The van der Waals surface area contributed by atoms with Crippen LogP contribution >= 0.6 is 11.3 Å². The monoisotopic (exact) mass is 316 g/mol. The Labute approximate surface area is 131 Å². The molecule has 1 N–H and O–H groups in total. The fourth-order valence-electron chi connectivity index (χ4n) is 2.36. The number of nitrogens with one attached hydrogen (secondary N) is 1. The van der Waals surface area contributed by atoms with Crippen LogP contribution in [0.5, 0.6) is 0 Å². The number of thiophene rings is 1. The number of H-pyrrole nitrogens is 1. The highest BCUT2D eigenvalue weighted by molar-refractivity contribution is 7.12. The van der Waals surface area contributed by atoms with Crippen LogP contribution < -0.4 is 5.69 Å². The molecule has 0 saturated carbocycles. The van der Waals surface area contributed by atoms with Gasteiger partial charge in [0.15, 0.2) is 0 Å². The number of carbonyl (C=O) groups excluding carboxylic acids is 1. The first-order valence-corrected chi connectivity index (χ1v) is 7.93. The lowest BCUT2D eigenvalue weighted by Gasteiger charge is -2.05. The predicted octanol–water partition coefficient (Wildman–Crippen LogP) is 2.95. The summed E-state index contributed by atoms with van der Waals surface area (Å²) in [5.41, 5.74) is 2.48. The summed E-state index contributed by atoms with van der Waals surface area (Å²) in [6, 6.07) is 9.44. The van der Waals surface area contributed by atoms with Gasteiger partial charge >= 0.3 is 11.7 Å². The van der Waals surface area contributed by atoms with Gasteiger partial charge in [-0.05, 0) is 42.5 Å². The summed E-state index contributed by atoms with van der Waals surface area (Å²) in [6.07, 6.45) is 0.595. The van der Waals surface area contributed by atoms with Crippen molar-refractivity contribution in [1.82, 2.24) is 9.55 Å². The maximum atomic E-state index is 11.9. The van der Waals surface area contributed by atoms with Gasteiger partial charge in [-0.2, -0.15) is 0 Å². The second-order valence-electron chi connectivity index (χ2n) is 5.02. The van der Waals surface area contributed by atoms with E-state index in [2.05, 4.69) is 4.98 Å². The normalized spacial score (nSPS) is 11.0. The molecule has 0 fully saturated rings. The molecule has 0 unspecified atom stereocenters. The highest BCUT2D eigenvalue weighted by Crippen LogP contribution is 2.16. The minimum atomic E-state index is -0.293. The third kappa shape index (κ3) is 2.82. The van der Waals surface area contributed by atoms with Crippen LogP contribution in [-0.4, -0.2) is 22.1 Å². The number of esters is 1. The third-order valence-electron chi connectivity index (χ3n) is 3.49. The number of fused-ring (bicyclic) bond motifs is 1. The average molecular weight is 316 g/mol. The lowest BCUT2D eigenvalue weighted by molar-refractivity contribution is 0.0501. The van der Waals surface area contributed by atoms with Gasteiger partial charge in [0.25, 0.3) is 0 Å². The van der Waals surface area contributed by atoms with Crippen LogP contribution in [0.25, 0.3) is 11.0 Å². The third-order valence-corrected chi connectivity index (χ3v) is 4.48. The molecule has 0 radical (unpaired) electrons. The molecule has 5 nitrogen and oxygen atoms in total. The molecule has 3 aromatic rings. The van der Waals surface area contributed by atoms with Crippen molar-refractivity contribution in [3.8, 4) is 0 Å². The zero-order chi connectivity index (χ0) is 15.5. The van der Waals surface area contributed by atoms with Crippen molar-refractivity contribution >= 4 is 28.3 Å². The number of aryl methyl sites for hydroxylation is 2. The van der Waals surface area contributed by atoms with E-state index < -0.39 is 0 Å². The zero-order valence-electron chi connectivity index (χ0n) is 12.2. The summed E-state index contributed by atoms with van der Waals surface area (Å²) >= 11 is 1.38. The molecule has 22 heavy (non-hydrogen) atoms. The van der Waals surface area contributed by atoms with Gasteiger partial charge in [-0.1, -0.05) is 12.1 Å². The number of nitrogens with zero attached hydrogens (tertiary/aromatic N) is 1. The van der Waals surface area contributed by atoms with Gasteiger partial charge in [0, 0.05) is 6.54 Å². The molecule has 2 aromatic heterocycles. The molecule has 0 aliphatic rings. The molecule has 2 heterocycles. The van der Waals surface area contributed by atoms with Crippen molar-refractivity contribution in [1.29, 1.82) is 0 Å². The summed E-state index contributed by atoms with van der Waals surface area (Å²) in [6.45, 7) is 2.69. The Hall–Kier alpha value is -2.34. The summed E-state index contributed by atoms with van der Waals surface area (Å²) in [5.74, 6) is -0.293. The number of benzene rings is 1. The number of hydrogen-bond donors (Lipinski definition) is 1. The number of rotatable bonds is 5. The highest BCUT2D eigenvalue weighted by Gasteiger charge is 2.12. The number of ether oxygens (including phenoxy) is 1. The molecule has 3 rings (SSSR count). The molecular weight excluding hydrogens is 300 g/mol. The Morgan fingerprint density at radius 3 is 2.91 bits per heavy atom. The summed E-state index contributed by atoms with van der Waals surface area (Å²) < 4.78 is 6.93. The first-order valence-electron chi connectivity index (χ1n) is 7.05. The lowest BCUT2D eigenvalue weighted by Crippen LogP contribution is -2.18. The van der Waals surface area contributed by atoms with E-state index in [0.717, 1.165) is 16.6 Å². The second-order valence-corrected chi connectivity index (χ2v) is 5.94. The molecule has 0 aliphatic heterocycles. The Morgan fingerprint density at radius 1 is 1.32 bits per heavy atom. The van der Waals surface area contributed by atoms with E-state index in [0.29, 0.717) is 24.4 Å². The largest absolute Gasteiger partial charge is 0.461 e. The Bertz CT molecular complexity index is 860. The number of hydrogen-bond acceptors (Lipinski definition) is 4. The molecule has 1 aromatic carbocycles. The first-order chi connectivity index (χ1) is 10.7. The topological polar surface area (TPSA) is 64.1 Å². The van der Waals surface area contributed by atoms with Crippen molar-refractivity contribution in [3.63, 3.8) is 0 Å². The van der Waals surface area contributed by atoms with Gasteiger partial charge in [-0.3, -0.25) is 4.57 Å². The van der Waals surface area contributed by atoms with Crippen LogP contribution in [0.3, 0.4) is 0 Å². The molecule has 0 amide bonds. The van der Waals surface area contributed by atoms with Crippen LogP contribution in [0, 0.1) is 6.92 Å². The van der Waals surface area contributed by atoms with E-state index in [1.807, 2.05) is 42.6 Å². The molecule has 0 atom stereocenters. The molecule has 0 bridgehead atoms. The molecular formula is C16H16N2O3S. The van der Waals surface area contributed by atoms with Crippen molar-refractivity contribution < 1.29 is 9.53 Å². The van der Waals surface area contributed by atoms with E-state index in [1.54, 1.807) is 4.57 Å². The Kier molecular flexibility index (Phi) is 4.11. The van der Waals surface area contributed by atoms with Gasteiger partial charge < -0.3 is 9.72 Å². The van der Waals surface area contributed by atoms with Gasteiger partial charge in [0.2, 0.25) is 0 Å². The Morgan fingerprint density at radius 2 is 2.14 bits per heavy atom. The standard InChI is InChI=1S/C16H16N2O3S/c1-11-7-10-22-14(11)15(19)21-9-4-8-18-13-6-3-2-5-12(13)17-16(18)20/h2-3,5-7,10H,4,8-9H2,1H3,(H,17,20). The van der Waals surface area contributed by atoms with E-state index in [9.17, 15) is 9.59 Å². The van der Waals surface area contributed by atoms with Crippen LogP contribution in [0.15, 0.2) is 40.5 Å².